The van der Waals surface area contributed by atoms with Crippen molar-refractivity contribution in [2.75, 3.05) is 54.4 Å². The number of primary amides is 1. The van der Waals surface area contributed by atoms with E-state index < -0.39 is 23.8 Å². The minimum Gasteiger partial charge on any atom is -0.370 e. The Kier molecular flexibility index (Phi) is 9.88. The first-order valence-corrected chi connectivity index (χ1v) is 17.7. The van der Waals surface area contributed by atoms with Crippen LogP contribution in [0.2, 0.25) is 0 Å². The molecule has 262 valence electrons. The van der Waals surface area contributed by atoms with Crippen molar-refractivity contribution in [3.05, 3.63) is 65.2 Å². The number of piperidine rings is 3. The number of carbonyl (C=O) groups excluding carboxylic acids is 4. The minimum atomic E-state index is -0.727. The standard InChI is InChI=1S/C36H44N10O4/c37-33(48)32-34(42-30(20-39-32)46-13-2-1-3-14-46)40-26-5-4-25-22-44(15-12-24(25)18-26)21-23-10-16-45(17-11-23)27-6-7-28(38-19-27)35(49)41-29-8-9-31(47)43-36(29)50/h4-7,18-20,23,29H,1-3,8-17,21-22H2,(H2,37,48)(H,40,42)(H,41,49)(H,43,47,50)/t29-/m0/s1. The highest BCUT2D eigenvalue weighted by atomic mass is 16.2. The SMILES string of the molecule is NC(=O)c1ncc(N2CCCCC2)nc1Nc1ccc2c(c1)CCN(CC1CCN(c3ccc(C(=O)N[C@H]4CCC(=O)NC4=O)nc3)CC1)C2. The number of amides is 4. The first-order chi connectivity index (χ1) is 24.3. The van der Waals surface area contributed by atoms with Gasteiger partial charge in [-0.1, -0.05) is 6.07 Å². The average molecular weight is 681 g/mol. The Morgan fingerprint density at radius 1 is 0.880 bits per heavy atom. The minimum absolute atomic E-state index is 0.142. The molecule has 0 bridgehead atoms. The second kappa shape index (κ2) is 14.8. The molecule has 4 aliphatic heterocycles. The van der Waals surface area contributed by atoms with Crippen molar-refractivity contribution < 1.29 is 19.2 Å². The van der Waals surface area contributed by atoms with Crippen molar-refractivity contribution >= 4 is 46.6 Å². The van der Waals surface area contributed by atoms with Crippen molar-refractivity contribution in [2.24, 2.45) is 11.7 Å². The molecule has 1 atom stereocenters. The maximum absolute atomic E-state index is 12.6. The van der Waals surface area contributed by atoms with Crippen LogP contribution in [0.15, 0.2) is 42.7 Å². The molecule has 3 fully saturated rings. The van der Waals surface area contributed by atoms with Gasteiger partial charge in [0.1, 0.15) is 17.6 Å². The van der Waals surface area contributed by atoms with Crippen molar-refractivity contribution in [1.82, 2.24) is 30.5 Å². The number of anilines is 4. The van der Waals surface area contributed by atoms with E-state index in [2.05, 4.69) is 52.8 Å². The number of aromatic nitrogens is 3. The van der Waals surface area contributed by atoms with Crippen molar-refractivity contribution in [3.8, 4) is 0 Å². The molecule has 14 heteroatoms. The van der Waals surface area contributed by atoms with Crippen molar-refractivity contribution in [1.29, 1.82) is 0 Å². The molecule has 0 aliphatic carbocycles. The third kappa shape index (κ3) is 7.70. The van der Waals surface area contributed by atoms with E-state index in [9.17, 15) is 19.2 Å². The molecule has 3 saturated heterocycles. The Morgan fingerprint density at radius 3 is 2.44 bits per heavy atom. The maximum Gasteiger partial charge on any atom is 0.271 e. The number of nitrogens with one attached hydrogen (secondary N) is 3. The Bertz CT molecular complexity index is 1750. The number of benzene rings is 1. The molecule has 3 aromatic rings. The summed E-state index contributed by atoms with van der Waals surface area (Å²) < 4.78 is 0. The number of hydrogen-bond donors (Lipinski definition) is 4. The van der Waals surface area contributed by atoms with Crippen molar-refractivity contribution in [3.63, 3.8) is 0 Å². The van der Waals surface area contributed by atoms with E-state index in [1.165, 1.54) is 17.5 Å². The van der Waals surface area contributed by atoms with Gasteiger partial charge in [-0.05, 0) is 86.3 Å². The summed E-state index contributed by atoms with van der Waals surface area (Å²) in [4.78, 5) is 68.7. The van der Waals surface area contributed by atoms with E-state index >= 15 is 0 Å². The molecule has 50 heavy (non-hydrogen) atoms. The van der Waals surface area contributed by atoms with Crippen LogP contribution >= 0.6 is 0 Å². The molecular weight excluding hydrogens is 636 g/mol. The lowest BCUT2D eigenvalue weighted by molar-refractivity contribution is -0.134. The fourth-order valence-electron chi connectivity index (χ4n) is 7.41. The van der Waals surface area contributed by atoms with Gasteiger partial charge in [0.05, 0.1) is 18.1 Å². The second-order valence-corrected chi connectivity index (χ2v) is 13.7. The first-order valence-electron chi connectivity index (χ1n) is 17.7. The number of fused-ring (bicyclic) bond motifs is 1. The van der Waals surface area contributed by atoms with Gasteiger partial charge in [0.25, 0.3) is 11.8 Å². The van der Waals surface area contributed by atoms with Gasteiger partial charge in [0, 0.05) is 57.9 Å². The lowest BCUT2D eigenvalue weighted by atomic mass is 9.93. The molecular formula is C36H44N10O4. The van der Waals surface area contributed by atoms with Gasteiger partial charge in [0.15, 0.2) is 11.5 Å². The molecule has 4 amide bonds. The number of nitrogens with zero attached hydrogens (tertiary/aromatic N) is 6. The molecule has 14 nitrogen and oxygen atoms in total. The predicted molar refractivity (Wildman–Crippen MR) is 188 cm³/mol. The Labute approximate surface area is 291 Å². The van der Waals surface area contributed by atoms with Crippen molar-refractivity contribution in [2.45, 2.75) is 64.0 Å². The smallest absolute Gasteiger partial charge is 0.271 e. The monoisotopic (exact) mass is 680 g/mol. The highest BCUT2D eigenvalue weighted by Crippen LogP contribution is 2.29. The first kappa shape index (κ1) is 33.4. The van der Waals surface area contributed by atoms with E-state index in [0.717, 1.165) is 95.1 Å². The van der Waals surface area contributed by atoms with Gasteiger partial charge in [-0.15, -0.1) is 0 Å². The Morgan fingerprint density at radius 2 is 1.70 bits per heavy atom. The molecule has 0 spiro atoms. The van der Waals surface area contributed by atoms with Crippen LogP contribution in [0.5, 0.6) is 0 Å². The van der Waals surface area contributed by atoms with Crippen LogP contribution in [0.3, 0.4) is 0 Å². The summed E-state index contributed by atoms with van der Waals surface area (Å²) in [5.74, 6) is -0.0763. The van der Waals surface area contributed by atoms with Gasteiger partial charge < -0.3 is 26.2 Å². The van der Waals surface area contributed by atoms with Gasteiger partial charge in [-0.2, -0.15) is 0 Å². The van der Waals surface area contributed by atoms with Crippen LogP contribution in [-0.4, -0.2) is 88.8 Å². The number of rotatable bonds is 9. The highest BCUT2D eigenvalue weighted by Gasteiger charge is 2.29. The zero-order chi connectivity index (χ0) is 34.6. The second-order valence-electron chi connectivity index (χ2n) is 13.7. The molecule has 0 unspecified atom stereocenters. The maximum atomic E-state index is 12.6. The topological polar surface area (TPSA) is 179 Å². The number of pyridine rings is 1. The molecule has 0 radical (unpaired) electrons. The van der Waals surface area contributed by atoms with Gasteiger partial charge in [-0.25, -0.2) is 15.0 Å². The summed E-state index contributed by atoms with van der Waals surface area (Å²) >= 11 is 0. The Hall–Kier alpha value is -5.11. The lowest BCUT2D eigenvalue weighted by Crippen LogP contribution is -2.52. The lowest BCUT2D eigenvalue weighted by Gasteiger charge is -2.37. The number of nitrogens with two attached hydrogens (primary N) is 1. The quantitative estimate of drug-likeness (QED) is 0.244. The Balaban J connectivity index is 0.899. The largest absolute Gasteiger partial charge is 0.370 e. The molecule has 7 rings (SSSR count). The average Bonchev–Trinajstić information content (AvgIpc) is 3.13. The highest BCUT2D eigenvalue weighted by molar-refractivity contribution is 6.03. The zero-order valence-electron chi connectivity index (χ0n) is 28.2. The molecule has 2 aromatic heterocycles. The molecule has 6 heterocycles. The van der Waals surface area contributed by atoms with E-state index in [-0.39, 0.29) is 30.1 Å². The number of imide groups is 1. The van der Waals surface area contributed by atoms with E-state index in [4.69, 9.17) is 10.7 Å². The van der Waals surface area contributed by atoms with Crippen LogP contribution in [0, 0.1) is 5.92 Å². The fraction of sp³-hybridized carbons (Fsp3) is 0.472. The van der Waals surface area contributed by atoms with Crippen LogP contribution in [0.4, 0.5) is 23.0 Å². The number of hydrogen-bond acceptors (Lipinski definition) is 11. The summed E-state index contributed by atoms with van der Waals surface area (Å²) in [7, 11) is 0. The summed E-state index contributed by atoms with van der Waals surface area (Å²) in [6.07, 6.45) is 10.4. The summed E-state index contributed by atoms with van der Waals surface area (Å²) in [5, 5.41) is 8.27. The predicted octanol–water partition coefficient (Wildman–Crippen LogP) is 2.51. The third-order valence-corrected chi connectivity index (χ3v) is 10.3. The van der Waals surface area contributed by atoms with Gasteiger partial charge in [0.2, 0.25) is 11.8 Å². The normalized spacial score (nSPS) is 20.2. The van der Waals surface area contributed by atoms with Gasteiger partial charge >= 0.3 is 0 Å². The third-order valence-electron chi connectivity index (χ3n) is 10.3. The molecule has 0 saturated carbocycles. The van der Waals surface area contributed by atoms with Crippen LogP contribution in [0.1, 0.15) is 77.0 Å². The molecule has 5 N–H and O–H groups in total. The van der Waals surface area contributed by atoms with E-state index in [0.29, 0.717) is 11.7 Å². The fourth-order valence-corrected chi connectivity index (χ4v) is 7.41. The van der Waals surface area contributed by atoms with Gasteiger partial charge in [-0.3, -0.25) is 29.4 Å². The van der Waals surface area contributed by atoms with E-state index in [1.807, 2.05) is 12.1 Å². The number of carbonyl (C=O) groups is 4. The van der Waals surface area contributed by atoms with Crippen LogP contribution in [0.25, 0.3) is 0 Å². The van der Waals surface area contributed by atoms with E-state index in [1.54, 1.807) is 18.5 Å². The van der Waals surface area contributed by atoms with Crippen LogP contribution < -0.4 is 31.5 Å². The summed E-state index contributed by atoms with van der Waals surface area (Å²) in [5.41, 5.74) is 10.5. The summed E-state index contributed by atoms with van der Waals surface area (Å²) in [6.45, 7) is 6.64. The summed E-state index contributed by atoms with van der Waals surface area (Å²) in [6, 6.07) is 9.23. The molecule has 1 aromatic carbocycles. The van der Waals surface area contributed by atoms with Crippen LogP contribution in [-0.2, 0) is 22.6 Å². The zero-order valence-corrected chi connectivity index (χ0v) is 28.2. The molecule has 4 aliphatic rings.